The molecular weight excluding hydrogens is 510 g/mol. The van der Waals surface area contributed by atoms with Crippen molar-refractivity contribution in [3.63, 3.8) is 0 Å². The number of ether oxygens (including phenoxy) is 2. The molecule has 4 atom stereocenters. The Hall–Kier alpha value is -4.06. The van der Waals surface area contributed by atoms with E-state index < -0.39 is 35.5 Å². The molecule has 0 spiro atoms. The van der Waals surface area contributed by atoms with E-state index in [9.17, 15) is 19.2 Å². The van der Waals surface area contributed by atoms with E-state index in [1.807, 2.05) is 65.8 Å². The highest BCUT2D eigenvalue weighted by atomic mass is 16.6. The van der Waals surface area contributed by atoms with Gasteiger partial charge in [-0.2, -0.15) is 0 Å². The van der Waals surface area contributed by atoms with Gasteiger partial charge in [-0.05, 0) is 44.4 Å². The Kier molecular flexibility index (Phi) is 14.3. The number of rotatable bonds is 11. The Balaban J connectivity index is 2.71. The SMILES string of the molecule is C/C=C\C[C@@H](C/C=C\NC(=O)[C@@H](NC(=O)C#C/C=C\C(C)=C\[C@H](C)[C@@H]1CC=C(C)C(=O)O1)C(C)(C)C)OC(N)=O. The molecule has 3 amide bonds. The number of nitrogens with one attached hydrogen (secondary N) is 2. The lowest BCUT2D eigenvalue weighted by molar-refractivity contribution is -0.147. The maximum absolute atomic E-state index is 12.8. The number of amides is 3. The highest BCUT2D eigenvalue weighted by Crippen LogP contribution is 2.22. The molecule has 0 unspecified atom stereocenters. The second-order valence-corrected chi connectivity index (χ2v) is 10.7. The lowest BCUT2D eigenvalue weighted by Gasteiger charge is -2.29. The average molecular weight is 554 g/mol. The first-order valence-corrected chi connectivity index (χ1v) is 13.3. The second-order valence-electron chi connectivity index (χ2n) is 10.7. The molecule has 0 aliphatic carbocycles. The topological polar surface area (TPSA) is 137 Å². The Labute approximate surface area is 238 Å². The van der Waals surface area contributed by atoms with E-state index in [4.69, 9.17) is 15.2 Å². The van der Waals surface area contributed by atoms with Crippen molar-refractivity contribution in [1.29, 1.82) is 0 Å². The first kappa shape index (κ1) is 34.0. The number of cyclic esters (lactones) is 1. The van der Waals surface area contributed by atoms with Crippen LogP contribution in [0.1, 0.15) is 67.7 Å². The standard InChI is InChI=1S/C31H43N3O6/c1-8-9-14-24(39-30(32)38)15-12-19-33-28(36)27(31(5,6)7)34-26(35)16-11-10-13-21(2)20-23(4)25-18-17-22(3)29(37)40-25/h8-10,12-13,17,19-20,23-25,27H,14-15,18H2,1-7H3,(H2,32,38)(H,33,36)(H,34,35)/b9-8-,13-10-,19-12-,21-20+/t23-,24-,25-,27+/m0/s1. The molecule has 1 rings (SSSR count). The average Bonchev–Trinajstić information content (AvgIpc) is 2.86. The summed E-state index contributed by atoms with van der Waals surface area (Å²) in [4.78, 5) is 48.1. The van der Waals surface area contributed by atoms with Gasteiger partial charge >= 0.3 is 12.1 Å². The molecule has 1 heterocycles. The molecule has 218 valence electrons. The Bertz CT molecular complexity index is 1130. The molecule has 1 aliphatic heterocycles. The normalized spacial score (nSPS) is 18.4. The highest BCUT2D eigenvalue weighted by Gasteiger charge is 2.32. The van der Waals surface area contributed by atoms with E-state index in [2.05, 4.69) is 22.5 Å². The zero-order chi connectivity index (χ0) is 30.3. The summed E-state index contributed by atoms with van der Waals surface area (Å²) < 4.78 is 10.5. The molecule has 0 aromatic rings. The van der Waals surface area contributed by atoms with Crippen molar-refractivity contribution in [2.24, 2.45) is 17.1 Å². The molecule has 0 saturated heterocycles. The van der Waals surface area contributed by atoms with E-state index in [-0.39, 0.29) is 18.0 Å². The molecule has 9 nitrogen and oxygen atoms in total. The fourth-order valence-electron chi connectivity index (χ4n) is 3.77. The van der Waals surface area contributed by atoms with Gasteiger partial charge in [0, 0.05) is 30.8 Å². The van der Waals surface area contributed by atoms with Gasteiger partial charge in [0.15, 0.2) is 0 Å². The number of allylic oxidation sites excluding steroid dienone is 4. The van der Waals surface area contributed by atoms with E-state index in [0.29, 0.717) is 24.8 Å². The third kappa shape index (κ3) is 13.1. The van der Waals surface area contributed by atoms with Crippen LogP contribution in [0.5, 0.6) is 0 Å². The lowest BCUT2D eigenvalue weighted by Crippen LogP contribution is -2.52. The van der Waals surface area contributed by atoms with Crippen LogP contribution in [0, 0.1) is 23.2 Å². The van der Waals surface area contributed by atoms with Gasteiger partial charge in [0.2, 0.25) is 5.91 Å². The molecule has 0 radical (unpaired) electrons. The number of carbonyl (C=O) groups is 4. The highest BCUT2D eigenvalue weighted by molar-refractivity contribution is 5.97. The number of esters is 1. The molecule has 0 fully saturated rings. The molecule has 9 heteroatoms. The second kappa shape index (κ2) is 16.8. The van der Waals surface area contributed by atoms with Crippen molar-refractivity contribution >= 4 is 23.9 Å². The Morgan fingerprint density at radius 2 is 1.93 bits per heavy atom. The van der Waals surface area contributed by atoms with Crippen LogP contribution in [0.15, 0.2) is 59.9 Å². The quantitative estimate of drug-likeness (QED) is 0.150. The van der Waals surface area contributed by atoms with Gasteiger partial charge in [-0.15, -0.1) is 0 Å². The molecule has 0 bridgehead atoms. The largest absolute Gasteiger partial charge is 0.458 e. The van der Waals surface area contributed by atoms with Gasteiger partial charge in [-0.1, -0.05) is 75.6 Å². The first-order valence-electron chi connectivity index (χ1n) is 13.3. The van der Waals surface area contributed by atoms with Crippen molar-refractivity contribution in [1.82, 2.24) is 10.6 Å². The van der Waals surface area contributed by atoms with Gasteiger partial charge in [0.25, 0.3) is 5.91 Å². The van der Waals surface area contributed by atoms with E-state index in [0.717, 1.165) is 5.57 Å². The van der Waals surface area contributed by atoms with E-state index in [1.165, 1.54) is 6.20 Å². The van der Waals surface area contributed by atoms with Crippen LogP contribution in [0.2, 0.25) is 0 Å². The minimum atomic E-state index is -0.862. The maximum atomic E-state index is 12.8. The minimum absolute atomic E-state index is 0.0176. The first-order chi connectivity index (χ1) is 18.7. The van der Waals surface area contributed by atoms with E-state index in [1.54, 1.807) is 25.2 Å². The predicted octanol–water partition coefficient (Wildman–Crippen LogP) is 4.37. The fraction of sp³-hybridized carbons (Fsp3) is 0.484. The van der Waals surface area contributed by atoms with Gasteiger partial charge in [-0.3, -0.25) is 9.59 Å². The maximum Gasteiger partial charge on any atom is 0.404 e. The summed E-state index contributed by atoms with van der Waals surface area (Å²) in [6.45, 7) is 13.0. The molecule has 0 aromatic heterocycles. The smallest absolute Gasteiger partial charge is 0.404 e. The van der Waals surface area contributed by atoms with Crippen LogP contribution in [0.4, 0.5) is 4.79 Å². The van der Waals surface area contributed by atoms with Crippen molar-refractivity contribution in [3.05, 3.63) is 59.9 Å². The number of primary amides is 1. The third-order valence-electron chi connectivity index (χ3n) is 6.03. The molecular formula is C31H43N3O6. The Morgan fingerprint density at radius 3 is 2.52 bits per heavy atom. The number of hydrogen-bond acceptors (Lipinski definition) is 6. The zero-order valence-corrected chi connectivity index (χ0v) is 24.6. The van der Waals surface area contributed by atoms with Crippen molar-refractivity contribution < 1.29 is 28.7 Å². The van der Waals surface area contributed by atoms with Crippen molar-refractivity contribution in [2.75, 3.05) is 0 Å². The summed E-state index contributed by atoms with van der Waals surface area (Å²) in [5.41, 5.74) is 6.07. The van der Waals surface area contributed by atoms with Crippen LogP contribution in [-0.4, -0.2) is 42.1 Å². The number of nitrogens with two attached hydrogens (primary N) is 1. The van der Waals surface area contributed by atoms with Gasteiger partial charge in [-0.25, -0.2) is 9.59 Å². The van der Waals surface area contributed by atoms with Crippen LogP contribution in [-0.2, 0) is 23.9 Å². The summed E-state index contributed by atoms with van der Waals surface area (Å²) in [7, 11) is 0. The summed E-state index contributed by atoms with van der Waals surface area (Å²) in [6.07, 6.45) is 14.0. The van der Waals surface area contributed by atoms with Crippen molar-refractivity contribution in [2.45, 2.75) is 86.0 Å². The fourth-order valence-corrected chi connectivity index (χ4v) is 3.77. The number of carbonyl (C=O) groups excluding carboxylic acids is 4. The van der Waals surface area contributed by atoms with Gasteiger partial charge in [0.1, 0.15) is 18.2 Å². The summed E-state index contributed by atoms with van der Waals surface area (Å²) in [5, 5.41) is 5.34. The molecule has 4 N–H and O–H groups in total. The van der Waals surface area contributed by atoms with E-state index >= 15 is 0 Å². The predicted molar refractivity (Wildman–Crippen MR) is 155 cm³/mol. The minimum Gasteiger partial charge on any atom is -0.458 e. The summed E-state index contributed by atoms with van der Waals surface area (Å²) in [6, 6.07) is -0.845. The van der Waals surface area contributed by atoms with Gasteiger partial charge in [0.05, 0.1) is 0 Å². The van der Waals surface area contributed by atoms with Crippen molar-refractivity contribution in [3.8, 4) is 11.8 Å². The molecule has 0 saturated carbocycles. The molecule has 40 heavy (non-hydrogen) atoms. The zero-order valence-electron chi connectivity index (χ0n) is 24.6. The summed E-state index contributed by atoms with van der Waals surface area (Å²) in [5.74, 6) is 3.92. The van der Waals surface area contributed by atoms with Crippen LogP contribution in [0.3, 0.4) is 0 Å². The van der Waals surface area contributed by atoms with Crippen LogP contribution < -0.4 is 16.4 Å². The van der Waals surface area contributed by atoms with Crippen LogP contribution in [0.25, 0.3) is 0 Å². The summed E-state index contributed by atoms with van der Waals surface area (Å²) >= 11 is 0. The third-order valence-corrected chi connectivity index (χ3v) is 6.03. The van der Waals surface area contributed by atoms with Gasteiger partial charge < -0.3 is 25.8 Å². The van der Waals surface area contributed by atoms with Crippen LogP contribution >= 0.6 is 0 Å². The monoisotopic (exact) mass is 553 g/mol. The Morgan fingerprint density at radius 1 is 1.25 bits per heavy atom. The number of hydrogen-bond donors (Lipinski definition) is 3. The lowest BCUT2D eigenvalue weighted by atomic mass is 9.86. The molecule has 0 aromatic carbocycles. The molecule has 1 aliphatic rings.